The summed E-state index contributed by atoms with van der Waals surface area (Å²) in [5, 5.41) is 0. The molecule has 0 amide bonds. The first-order valence-corrected chi connectivity index (χ1v) is 7.77. The molecule has 0 heterocycles. The van der Waals surface area contributed by atoms with Crippen molar-refractivity contribution in [3.8, 4) is 0 Å². The Morgan fingerprint density at radius 1 is 0.947 bits per heavy atom. The number of hydrogen-bond donors (Lipinski definition) is 1. The summed E-state index contributed by atoms with van der Waals surface area (Å²) in [5.74, 6) is -0.00648. The van der Waals surface area contributed by atoms with Crippen LogP contribution >= 0.6 is 0 Å². The van der Waals surface area contributed by atoms with Crippen molar-refractivity contribution in [3.63, 3.8) is 0 Å². The Morgan fingerprint density at radius 2 is 1.58 bits per heavy atom. The van der Waals surface area contributed by atoms with Crippen LogP contribution in [0.1, 0.15) is 61.6 Å². The zero-order valence-electron chi connectivity index (χ0n) is 11.7. The van der Waals surface area contributed by atoms with E-state index >= 15 is 0 Å². The molecule has 0 aliphatic heterocycles. The second kappa shape index (κ2) is 5.24. The zero-order valence-corrected chi connectivity index (χ0v) is 11.7. The van der Waals surface area contributed by atoms with Gasteiger partial charge in [0.2, 0.25) is 0 Å². The highest BCUT2D eigenvalue weighted by Gasteiger charge is 2.35. The second-order valence-electron chi connectivity index (χ2n) is 6.35. The molecule has 1 fully saturated rings. The van der Waals surface area contributed by atoms with Crippen molar-refractivity contribution < 1.29 is 4.39 Å². The van der Waals surface area contributed by atoms with Crippen molar-refractivity contribution in [2.45, 2.75) is 63.2 Å². The molecule has 0 spiro atoms. The molecule has 1 aromatic rings. The van der Waals surface area contributed by atoms with Gasteiger partial charge >= 0.3 is 0 Å². The molecule has 0 atom stereocenters. The van der Waals surface area contributed by atoms with Gasteiger partial charge in [-0.15, -0.1) is 0 Å². The van der Waals surface area contributed by atoms with Crippen molar-refractivity contribution >= 4 is 0 Å². The lowest BCUT2D eigenvalue weighted by Crippen LogP contribution is -2.38. The third-order valence-corrected chi connectivity index (χ3v) is 5.20. The highest BCUT2D eigenvalue weighted by Crippen LogP contribution is 2.41. The van der Waals surface area contributed by atoms with E-state index in [0.29, 0.717) is 6.54 Å². The van der Waals surface area contributed by atoms with Crippen LogP contribution in [0.3, 0.4) is 0 Å². The Labute approximate surface area is 115 Å². The molecule has 2 aliphatic carbocycles. The average Bonchev–Trinajstić information content (AvgIpc) is 2.47. The van der Waals surface area contributed by atoms with Gasteiger partial charge in [-0.2, -0.15) is 0 Å². The van der Waals surface area contributed by atoms with Crippen molar-refractivity contribution in [2.24, 2.45) is 5.73 Å². The smallest absolute Gasteiger partial charge is 0.127 e. The van der Waals surface area contributed by atoms with Gasteiger partial charge in [0.25, 0.3) is 0 Å². The molecular formula is C17H24FN. The third kappa shape index (κ3) is 2.31. The van der Waals surface area contributed by atoms with Gasteiger partial charge < -0.3 is 5.73 Å². The van der Waals surface area contributed by atoms with Crippen LogP contribution in [0.5, 0.6) is 0 Å². The van der Waals surface area contributed by atoms with E-state index in [1.165, 1.54) is 43.2 Å². The molecule has 0 unspecified atom stereocenters. The minimum absolute atomic E-state index is 0.00648. The van der Waals surface area contributed by atoms with Gasteiger partial charge in [0.1, 0.15) is 5.82 Å². The van der Waals surface area contributed by atoms with Crippen molar-refractivity contribution in [1.29, 1.82) is 0 Å². The van der Waals surface area contributed by atoms with Crippen molar-refractivity contribution in [2.75, 3.05) is 6.54 Å². The van der Waals surface area contributed by atoms with E-state index in [1.807, 2.05) is 0 Å². The number of nitrogens with two attached hydrogens (primary N) is 1. The summed E-state index contributed by atoms with van der Waals surface area (Å²) in [4.78, 5) is 0. The van der Waals surface area contributed by atoms with Gasteiger partial charge in [0.05, 0.1) is 0 Å². The van der Waals surface area contributed by atoms with Gasteiger partial charge in [0, 0.05) is 12.0 Å². The fraction of sp³-hybridized carbons (Fsp3) is 0.647. The molecule has 1 nitrogen and oxygen atoms in total. The quantitative estimate of drug-likeness (QED) is 0.859. The maximum atomic E-state index is 14.5. The molecule has 104 valence electrons. The normalized spacial score (nSPS) is 22.0. The number of benzene rings is 1. The number of hydrogen-bond acceptors (Lipinski definition) is 1. The zero-order chi connectivity index (χ0) is 13.3. The summed E-state index contributed by atoms with van der Waals surface area (Å²) in [6.07, 6.45) is 10.4. The maximum Gasteiger partial charge on any atom is 0.127 e. The molecule has 19 heavy (non-hydrogen) atoms. The number of aryl methyl sites for hydroxylation is 2. The monoisotopic (exact) mass is 261 g/mol. The molecule has 0 aromatic heterocycles. The van der Waals surface area contributed by atoms with Crippen LogP contribution in [0.25, 0.3) is 0 Å². The van der Waals surface area contributed by atoms with Gasteiger partial charge in [-0.25, -0.2) is 4.39 Å². The lowest BCUT2D eigenvalue weighted by molar-refractivity contribution is 0.291. The van der Waals surface area contributed by atoms with Gasteiger partial charge in [-0.3, -0.25) is 0 Å². The van der Waals surface area contributed by atoms with Gasteiger partial charge in [0.15, 0.2) is 0 Å². The van der Waals surface area contributed by atoms with E-state index in [9.17, 15) is 4.39 Å². The largest absolute Gasteiger partial charge is 0.330 e. The SMILES string of the molecule is NCC1(c2cc3c(cc2F)CCCC3)CCCCC1. The van der Waals surface area contributed by atoms with Crippen LogP contribution < -0.4 is 5.73 Å². The Morgan fingerprint density at radius 3 is 2.21 bits per heavy atom. The number of halogens is 1. The Kier molecular flexibility index (Phi) is 3.62. The van der Waals surface area contributed by atoms with E-state index in [0.717, 1.165) is 31.2 Å². The van der Waals surface area contributed by atoms with Crippen LogP contribution in [0.15, 0.2) is 12.1 Å². The molecule has 2 aliphatic rings. The molecule has 2 heteroatoms. The van der Waals surface area contributed by atoms with E-state index in [1.54, 1.807) is 6.07 Å². The first-order valence-electron chi connectivity index (χ1n) is 7.77. The van der Waals surface area contributed by atoms with Crippen molar-refractivity contribution in [3.05, 3.63) is 34.6 Å². The van der Waals surface area contributed by atoms with Crippen molar-refractivity contribution in [1.82, 2.24) is 0 Å². The second-order valence-corrected chi connectivity index (χ2v) is 6.35. The molecular weight excluding hydrogens is 237 g/mol. The number of rotatable bonds is 2. The van der Waals surface area contributed by atoms with Gasteiger partial charge in [-0.05, 0) is 61.3 Å². The molecule has 1 aromatic carbocycles. The van der Waals surface area contributed by atoms with Gasteiger partial charge in [-0.1, -0.05) is 25.3 Å². The van der Waals surface area contributed by atoms with E-state index in [4.69, 9.17) is 5.73 Å². The highest BCUT2D eigenvalue weighted by atomic mass is 19.1. The maximum absolute atomic E-state index is 14.5. The minimum atomic E-state index is -0.0885. The lowest BCUT2D eigenvalue weighted by atomic mass is 9.68. The molecule has 0 bridgehead atoms. The summed E-state index contributed by atoms with van der Waals surface area (Å²) in [5.41, 5.74) is 9.48. The first-order chi connectivity index (χ1) is 9.25. The van der Waals surface area contributed by atoms with Crippen LogP contribution in [0.4, 0.5) is 4.39 Å². The summed E-state index contributed by atoms with van der Waals surface area (Å²) in [7, 11) is 0. The average molecular weight is 261 g/mol. The third-order valence-electron chi connectivity index (χ3n) is 5.20. The number of fused-ring (bicyclic) bond motifs is 1. The summed E-state index contributed by atoms with van der Waals surface area (Å²) < 4.78 is 14.5. The molecule has 0 saturated heterocycles. The molecule has 1 saturated carbocycles. The highest BCUT2D eigenvalue weighted by molar-refractivity contribution is 5.39. The Hall–Kier alpha value is -0.890. The lowest BCUT2D eigenvalue weighted by Gasteiger charge is -2.37. The topological polar surface area (TPSA) is 26.0 Å². The fourth-order valence-electron chi connectivity index (χ4n) is 3.97. The first kappa shape index (κ1) is 13.1. The summed E-state index contributed by atoms with van der Waals surface area (Å²) in [6, 6.07) is 3.96. The Balaban J connectivity index is 2.03. The molecule has 0 radical (unpaired) electrons. The van der Waals surface area contributed by atoms with Crippen LogP contribution in [-0.2, 0) is 18.3 Å². The fourth-order valence-corrected chi connectivity index (χ4v) is 3.97. The molecule has 2 N–H and O–H groups in total. The Bertz CT molecular complexity index is 461. The standard InChI is InChI=1S/C17H24FN/c18-16-11-14-7-3-2-6-13(14)10-15(16)17(12-19)8-4-1-5-9-17/h10-11H,1-9,12,19H2. The van der Waals surface area contributed by atoms with E-state index < -0.39 is 0 Å². The van der Waals surface area contributed by atoms with E-state index in [-0.39, 0.29) is 11.2 Å². The summed E-state index contributed by atoms with van der Waals surface area (Å²) in [6.45, 7) is 0.586. The predicted molar refractivity (Wildman–Crippen MR) is 76.9 cm³/mol. The van der Waals surface area contributed by atoms with Crippen LogP contribution in [0.2, 0.25) is 0 Å². The minimum Gasteiger partial charge on any atom is -0.330 e. The summed E-state index contributed by atoms with van der Waals surface area (Å²) >= 11 is 0. The van der Waals surface area contributed by atoms with Crippen LogP contribution in [0, 0.1) is 5.82 Å². The van der Waals surface area contributed by atoms with E-state index in [2.05, 4.69) is 6.07 Å². The predicted octanol–water partition coefficient (Wildman–Crippen LogP) is 3.87. The van der Waals surface area contributed by atoms with Crippen LogP contribution in [-0.4, -0.2) is 6.54 Å². The molecule has 3 rings (SSSR count).